The van der Waals surface area contributed by atoms with E-state index >= 15 is 0 Å². The number of methoxy groups -OCH3 is 1. The highest BCUT2D eigenvalue weighted by Gasteiger charge is 2.48. The quantitative estimate of drug-likeness (QED) is 0.837. The molecule has 0 aliphatic heterocycles. The van der Waals surface area contributed by atoms with E-state index in [4.69, 9.17) is 4.74 Å². The molecule has 1 aromatic rings. The molecule has 1 aromatic carbocycles. The zero-order chi connectivity index (χ0) is 15.0. The molecular weight excluding hydrogens is 258 g/mol. The van der Waals surface area contributed by atoms with E-state index in [2.05, 4.69) is 38.2 Å². The lowest BCUT2D eigenvalue weighted by molar-refractivity contribution is 0.340. The van der Waals surface area contributed by atoms with Crippen LogP contribution in [-0.4, -0.2) is 13.7 Å². The minimum Gasteiger partial charge on any atom is -0.496 e. The lowest BCUT2D eigenvalue weighted by atomic mass is 9.86. The molecule has 3 atom stereocenters. The number of fused-ring (bicyclic) bond motifs is 1. The Balaban J connectivity index is 1.86. The van der Waals surface area contributed by atoms with Gasteiger partial charge in [-0.05, 0) is 86.6 Å². The second kappa shape index (κ2) is 6.00. The van der Waals surface area contributed by atoms with Crippen molar-refractivity contribution in [3.8, 4) is 5.75 Å². The van der Waals surface area contributed by atoms with E-state index < -0.39 is 0 Å². The highest BCUT2D eigenvalue weighted by atomic mass is 16.5. The van der Waals surface area contributed by atoms with Crippen LogP contribution in [0, 0.1) is 31.6 Å². The summed E-state index contributed by atoms with van der Waals surface area (Å²) < 4.78 is 5.47. The first-order valence-corrected chi connectivity index (χ1v) is 8.52. The van der Waals surface area contributed by atoms with Gasteiger partial charge in [-0.2, -0.15) is 0 Å². The molecule has 21 heavy (non-hydrogen) atoms. The van der Waals surface area contributed by atoms with E-state index in [-0.39, 0.29) is 0 Å². The molecule has 0 aromatic heterocycles. The topological polar surface area (TPSA) is 21.3 Å². The van der Waals surface area contributed by atoms with Gasteiger partial charge in [-0.15, -0.1) is 0 Å². The van der Waals surface area contributed by atoms with Crippen molar-refractivity contribution in [3.63, 3.8) is 0 Å². The van der Waals surface area contributed by atoms with Crippen LogP contribution in [0.15, 0.2) is 12.1 Å². The summed E-state index contributed by atoms with van der Waals surface area (Å²) in [5, 5.41) is 3.83. The van der Waals surface area contributed by atoms with E-state index in [0.717, 1.165) is 30.0 Å². The molecule has 0 heterocycles. The minimum absolute atomic E-state index is 0.530. The summed E-state index contributed by atoms with van der Waals surface area (Å²) in [7, 11) is 1.76. The van der Waals surface area contributed by atoms with E-state index in [1.165, 1.54) is 42.4 Å². The summed E-state index contributed by atoms with van der Waals surface area (Å²) in [6.45, 7) is 7.75. The second-order valence-corrected chi connectivity index (χ2v) is 7.10. The number of ether oxygens (including phenoxy) is 1. The van der Waals surface area contributed by atoms with Crippen molar-refractivity contribution in [2.45, 2.75) is 52.5 Å². The van der Waals surface area contributed by atoms with Crippen molar-refractivity contribution in [3.05, 3.63) is 28.8 Å². The number of rotatable bonds is 6. The average Bonchev–Trinajstić information content (AvgIpc) is 3.09. The van der Waals surface area contributed by atoms with E-state index in [1.54, 1.807) is 7.11 Å². The van der Waals surface area contributed by atoms with Gasteiger partial charge in [-0.25, -0.2) is 0 Å². The van der Waals surface area contributed by atoms with Crippen LogP contribution in [0.2, 0.25) is 0 Å². The highest BCUT2D eigenvalue weighted by molar-refractivity contribution is 5.43. The van der Waals surface area contributed by atoms with Gasteiger partial charge in [0.15, 0.2) is 0 Å². The summed E-state index contributed by atoms with van der Waals surface area (Å²) >= 11 is 0. The van der Waals surface area contributed by atoms with Crippen molar-refractivity contribution in [1.29, 1.82) is 0 Å². The fourth-order valence-corrected chi connectivity index (χ4v) is 4.23. The van der Waals surface area contributed by atoms with Crippen molar-refractivity contribution >= 4 is 0 Å². The van der Waals surface area contributed by atoms with Crippen molar-refractivity contribution in [2.75, 3.05) is 13.7 Å². The molecule has 2 saturated carbocycles. The summed E-state index contributed by atoms with van der Waals surface area (Å²) in [5.41, 5.74) is 4.12. The van der Waals surface area contributed by atoms with Crippen LogP contribution >= 0.6 is 0 Å². The Bertz CT molecular complexity index is 501. The Morgan fingerprint density at radius 1 is 1.14 bits per heavy atom. The lowest BCUT2D eigenvalue weighted by Gasteiger charge is -2.28. The highest BCUT2D eigenvalue weighted by Crippen LogP contribution is 2.57. The van der Waals surface area contributed by atoms with Crippen LogP contribution in [0.5, 0.6) is 5.75 Å². The molecule has 116 valence electrons. The number of hydrogen-bond acceptors (Lipinski definition) is 2. The van der Waals surface area contributed by atoms with Gasteiger partial charge in [0.2, 0.25) is 0 Å². The molecule has 1 N–H and O–H groups in total. The Morgan fingerprint density at radius 2 is 1.86 bits per heavy atom. The fourth-order valence-electron chi connectivity index (χ4n) is 4.23. The molecule has 3 rings (SSSR count). The summed E-state index contributed by atoms with van der Waals surface area (Å²) in [6, 6.07) is 5.09. The van der Waals surface area contributed by atoms with Gasteiger partial charge in [0.05, 0.1) is 7.11 Å². The summed E-state index contributed by atoms with van der Waals surface area (Å²) in [6.07, 6.45) is 5.55. The number of aryl methyl sites for hydroxylation is 2. The Morgan fingerprint density at radius 3 is 2.48 bits per heavy atom. The maximum atomic E-state index is 5.47. The maximum Gasteiger partial charge on any atom is 0.122 e. The first kappa shape index (κ1) is 14.9. The van der Waals surface area contributed by atoms with Gasteiger partial charge in [0.1, 0.15) is 5.75 Å². The zero-order valence-corrected chi connectivity index (χ0v) is 13.9. The first-order chi connectivity index (χ1) is 10.1. The van der Waals surface area contributed by atoms with Crippen LogP contribution < -0.4 is 10.1 Å². The van der Waals surface area contributed by atoms with Crippen LogP contribution in [0.4, 0.5) is 0 Å². The summed E-state index contributed by atoms with van der Waals surface area (Å²) in [5.74, 6) is 3.92. The first-order valence-electron chi connectivity index (χ1n) is 8.52. The maximum absolute atomic E-state index is 5.47. The van der Waals surface area contributed by atoms with E-state index in [1.807, 2.05) is 0 Å². The molecule has 2 fully saturated rings. The molecule has 0 saturated heterocycles. The van der Waals surface area contributed by atoms with Crippen LogP contribution in [-0.2, 0) is 0 Å². The SMILES string of the molecule is CCCNC(c1cc(C)c(OC)cc1C)C1CC2CC2C1. The Hall–Kier alpha value is -1.02. The van der Waals surface area contributed by atoms with E-state index in [0.29, 0.717) is 6.04 Å². The van der Waals surface area contributed by atoms with Crippen molar-refractivity contribution in [1.82, 2.24) is 5.32 Å². The number of hydrogen-bond donors (Lipinski definition) is 1. The van der Waals surface area contributed by atoms with Gasteiger partial charge in [0.25, 0.3) is 0 Å². The van der Waals surface area contributed by atoms with Crippen molar-refractivity contribution < 1.29 is 4.74 Å². The molecule has 0 amide bonds. The number of nitrogens with one attached hydrogen (secondary N) is 1. The van der Waals surface area contributed by atoms with Crippen LogP contribution in [0.1, 0.15) is 55.3 Å². The largest absolute Gasteiger partial charge is 0.496 e. The molecule has 0 radical (unpaired) electrons. The van der Waals surface area contributed by atoms with Crippen LogP contribution in [0.25, 0.3) is 0 Å². The molecule has 2 aliphatic rings. The summed E-state index contributed by atoms with van der Waals surface area (Å²) in [4.78, 5) is 0. The zero-order valence-electron chi connectivity index (χ0n) is 13.9. The molecular formula is C19H29NO. The smallest absolute Gasteiger partial charge is 0.122 e. The molecule has 0 spiro atoms. The van der Waals surface area contributed by atoms with Gasteiger partial charge < -0.3 is 10.1 Å². The Kier molecular flexibility index (Phi) is 4.26. The third kappa shape index (κ3) is 2.96. The predicted octanol–water partition coefficient (Wildman–Crippen LogP) is 4.40. The van der Waals surface area contributed by atoms with Crippen LogP contribution in [0.3, 0.4) is 0 Å². The monoisotopic (exact) mass is 287 g/mol. The normalized spacial score (nSPS) is 28.3. The molecule has 2 aliphatic carbocycles. The fraction of sp³-hybridized carbons (Fsp3) is 0.684. The van der Waals surface area contributed by atoms with Gasteiger partial charge in [-0.3, -0.25) is 0 Å². The number of benzene rings is 1. The molecule has 0 bridgehead atoms. The predicted molar refractivity (Wildman–Crippen MR) is 87.8 cm³/mol. The molecule has 2 nitrogen and oxygen atoms in total. The van der Waals surface area contributed by atoms with Crippen molar-refractivity contribution in [2.24, 2.45) is 17.8 Å². The Labute approximate surface area is 129 Å². The second-order valence-electron chi connectivity index (χ2n) is 7.10. The molecule has 3 unspecified atom stereocenters. The molecule has 2 heteroatoms. The average molecular weight is 287 g/mol. The lowest BCUT2D eigenvalue weighted by Crippen LogP contribution is -2.29. The minimum atomic E-state index is 0.530. The standard InChI is InChI=1S/C19H29NO/c1-5-6-20-19(16-10-14-9-15(14)11-16)17-7-13(3)18(21-4)8-12(17)2/h7-8,14-16,19-20H,5-6,9-11H2,1-4H3. The third-order valence-electron chi connectivity index (χ3n) is 5.48. The van der Waals surface area contributed by atoms with Gasteiger partial charge >= 0.3 is 0 Å². The van der Waals surface area contributed by atoms with Gasteiger partial charge in [-0.1, -0.05) is 13.0 Å². The van der Waals surface area contributed by atoms with Gasteiger partial charge in [0, 0.05) is 6.04 Å². The van der Waals surface area contributed by atoms with E-state index in [9.17, 15) is 0 Å². The third-order valence-corrected chi connectivity index (χ3v) is 5.48.